The van der Waals surface area contributed by atoms with Crippen LogP contribution >= 0.6 is 0 Å². The minimum Gasteiger partial charge on any atom is -0.251 e. The van der Waals surface area contributed by atoms with Gasteiger partial charge in [-0.15, -0.1) is 0 Å². The molecule has 2 aromatic rings. The molecule has 0 spiro atoms. The van der Waals surface area contributed by atoms with Crippen LogP contribution in [0, 0.1) is 11.8 Å². The topological polar surface area (TPSA) is 24.7 Å². The fourth-order valence-electron chi connectivity index (χ4n) is 8.61. The quantitative estimate of drug-likeness (QED) is 0.0280. The Bertz CT molecular complexity index is 1440. The first kappa shape index (κ1) is 55.9. The van der Waals surface area contributed by atoms with Crippen LogP contribution in [0.5, 0.6) is 0 Å². The van der Waals surface area contributed by atoms with Crippen molar-refractivity contribution in [2.75, 3.05) is 0 Å². The Labute approximate surface area is 384 Å². The Morgan fingerprint density at radius 3 is 1.08 bits per heavy atom. The van der Waals surface area contributed by atoms with E-state index in [4.69, 9.17) is 9.98 Å². The average molecular weight is 866 g/mol. The number of hydrogen-bond acceptors (Lipinski definition) is 2. The van der Waals surface area contributed by atoms with Crippen molar-refractivity contribution in [3.05, 3.63) is 58.7 Å². The van der Waals surface area contributed by atoms with Gasteiger partial charge in [0.1, 0.15) is 5.71 Å². The molecule has 0 saturated carbocycles. The molecule has 2 rings (SSSR count). The number of nitrogens with zero attached hydrogens (tertiary/aromatic N) is 2. The Morgan fingerprint density at radius 1 is 0.383 bits per heavy atom. The van der Waals surface area contributed by atoms with E-state index in [2.05, 4.69) is 89.8 Å². The Balaban J connectivity index is 0.0000180. The summed E-state index contributed by atoms with van der Waals surface area (Å²) in [5.74, 6) is 7.22. The van der Waals surface area contributed by atoms with Gasteiger partial charge in [-0.2, -0.15) is 0 Å². The molecule has 0 heterocycles. The first-order valence-electron chi connectivity index (χ1n) is 26.0. The number of aliphatic imine (C=N–C) groups is 2. The van der Waals surface area contributed by atoms with Gasteiger partial charge in [0.15, 0.2) is 0 Å². The molecule has 0 atom stereocenters. The van der Waals surface area contributed by atoms with E-state index in [0.29, 0.717) is 0 Å². The maximum Gasteiger partial charge on any atom is 0.135 e. The molecule has 0 saturated heterocycles. The number of unbranched alkanes of at least 4 members (excludes halogenated alkanes) is 28. The molecule has 0 aliphatic heterocycles. The minimum atomic E-state index is 0. The third-order valence-corrected chi connectivity index (χ3v) is 12.6. The van der Waals surface area contributed by atoms with Crippen molar-refractivity contribution in [3.63, 3.8) is 0 Å². The summed E-state index contributed by atoms with van der Waals surface area (Å²) >= 11 is 0. The van der Waals surface area contributed by atoms with Gasteiger partial charge in [0.2, 0.25) is 0 Å². The van der Waals surface area contributed by atoms with Crippen molar-refractivity contribution >= 4 is 22.8 Å². The van der Waals surface area contributed by atoms with Crippen LogP contribution < -0.4 is 0 Å². The molecule has 0 amide bonds. The molecular weight excluding hydrogens is 771 g/mol. The summed E-state index contributed by atoms with van der Waals surface area (Å²) in [5.41, 5.74) is 9.66. The number of hydrogen-bond donors (Lipinski definition) is 0. The van der Waals surface area contributed by atoms with E-state index in [9.17, 15) is 0 Å². The molecule has 0 N–H and O–H groups in total. The maximum atomic E-state index is 5.39. The van der Waals surface area contributed by atoms with Crippen molar-refractivity contribution in [2.45, 2.75) is 266 Å². The summed E-state index contributed by atoms with van der Waals surface area (Å²) < 4.78 is 0. The second-order valence-electron chi connectivity index (χ2n) is 17.7. The van der Waals surface area contributed by atoms with Crippen LogP contribution in [0.15, 0.2) is 46.4 Å². The van der Waals surface area contributed by atoms with Crippen molar-refractivity contribution in [2.24, 2.45) is 9.98 Å². The van der Waals surface area contributed by atoms with E-state index in [0.717, 1.165) is 67.7 Å². The zero-order valence-corrected chi connectivity index (χ0v) is 41.4. The van der Waals surface area contributed by atoms with Gasteiger partial charge >= 0.3 is 0 Å². The molecule has 0 radical (unpaired) electrons. The largest absolute Gasteiger partial charge is 0.251 e. The van der Waals surface area contributed by atoms with Gasteiger partial charge in [0.25, 0.3) is 0 Å². The van der Waals surface area contributed by atoms with E-state index < -0.39 is 0 Å². The molecule has 2 aromatic carbocycles. The van der Waals surface area contributed by atoms with Gasteiger partial charge in [-0.3, -0.25) is 4.99 Å². The summed E-state index contributed by atoms with van der Waals surface area (Å²) in [6.45, 7) is 13.6. The van der Waals surface area contributed by atoms with Crippen LogP contribution in [-0.2, 0) is 42.2 Å². The number of rotatable bonds is 37. The van der Waals surface area contributed by atoms with Gasteiger partial charge < -0.3 is 0 Å². The second-order valence-corrected chi connectivity index (χ2v) is 17.7. The third-order valence-electron chi connectivity index (χ3n) is 12.6. The van der Waals surface area contributed by atoms with Crippen molar-refractivity contribution < 1.29 is 16.5 Å². The Kier molecular flexibility index (Phi) is 36.9. The molecule has 60 heavy (non-hydrogen) atoms. The van der Waals surface area contributed by atoms with Crippen LogP contribution in [0.25, 0.3) is 0 Å². The van der Waals surface area contributed by atoms with Gasteiger partial charge in [0, 0.05) is 22.9 Å². The van der Waals surface area contributed by atoms with E-state index in [1.54, 1.807) is 0 Å². The SMILES string of the molecule is CCCCCCCCCCCCCCC#CC(=Nc1ccc(CC)c(CC)c1)C(CCCCCCCCCCCCCCCCCCC)=Nc1ccc(CC)c(CC)c1.[Ni]. The summed E-state index contributed by atoms with van der Waals surface area (Å²) in [5, 5.41) is 0. The average Bonchev–Trinajstić information content (AvgIpc) is 3.26. The molecule has 2 nitrogen and oxygen atoms in total. The molecular formula is C57H94N2Ni. The van der Waals surface area contributed by atoms with Gasteiger partial charge in [-0.05, 0) is 97.4 Å². The second kappa shape index (κ2) is 39.7. The van der Waals surface area contributed by atoms with Crippen LogP contribution in [0.4, 0.5) is 11.4 Å². The maximum absolute atomic E-state index is 5.39. The molecule has 3 heteroatoms. The summed E-state index contributed by atoms with van der Waals surface area (Å²) in [7, 11) is 0. The summed E-state index contributed by atoms with van der Waals surface area (Å²) in [6, 6.07) is 13.6. The van der Waals surface area contributed by atoms with Crippen LogP contribution in [0.3, 0.4) is 0 Å². The van der Waals surface area contributed by atoms with Crippen LogP contribution in [0.2, 0.25) is 0 Å². The fraction of sp³-hybridized carbons (Fsp3) is 0.719. The van der Waals surface area contributed by atoms with Gasteiger partial charge in [-0.1, -0.05) is 233 Å². The fourth-order valence-corrected chi connectivity index (χ4v) is 8.61. The van der Waals surface area contributed by atoms with E-state index >= 15 is 0 Å². The monoisotopic (exact) mass is 865 g/mol. The van der Waals surface area contributed by atoms with E-state index in [1.807, 2.05) is 0 Å². The number of benzene rings is 2. The minimum absolute atomic E-state index is 0. The third kappa shape index (κ3) is 27.0. The smallest absolute Gasteiger partial charge is 0.135 e. The summed E-state index contributed by atoms with van der Waals surface area (Å²) in [6.07, 6.45) is 46.0. The Hall–Kier alpha value is -2.17. The van der Waals surface area contributed by atoms with Crippen LogP contribution in [-0.4, -0.2) is 11.4 Å². The standard InChI is InChI=1S/C57H94N2.Ni/c1-7-13-15-17-19-21-23-25-27-28-29-31-33-35-37-39-41-43-57(59-55-47-45-51(10-4)53(12-6)49-55)56(58-54-46-44-50(9-3)52(11-5)48-54)42-40-38-36-34-32-30-26-24-22-20-18-16-14-8-2;/h44-49H,7-39,41,43H2,1-6H3;. The molecule has 0 aromatic heterocycles. The first-order chi connectivity index (χ1) is 29.1. The van der Waals surface area contributed by atoms with Crippen molar-refractivity contribution in [3.8, 4) is 11.8 Å². The zero-order valence-electron chi connectivity index (χ0n) is 40.4. The summed E-state index contributed by atoms with van der Waals surface area (Å²) in [4.78, 5) is 10.7. The molecule has 0 fully saturated rings. The van der Waals surface area contributed by atoms with E-state index in [1.165, 1.54) is 202 Å². The predicted molar refractivity (Wildman–Crippen MR) is 267 cm³/mol. The van der Waals surface area contributed by atoms with Gasteiger partial charge in [-0.25, -0.2) is 4.99 Å². The molecule has 0 bridgehead atoms. The van der Waals surface area contributed by atoms with Gasteiger partial charge in [0.05, 0.1) is 17.1 Å². The first-order valence-corrected chi connectivity index (χ1v) is 26.0. The number of aryl methyl sites for hydroxylation is 4. The van der Waals surface area contributed by atoms with Crippen molar-refractivity contribution in [1.82, 2.24) is 0 Å². The van der Waals surface area contributed by atoms with E-state index in [-0.39, 0.29) is 16.5 Å². The zero-order chi connectivity index (χ0) is 42.4. The molecule has 342 valence electrons. The predicted octanol–water partition coefficient (Wildman–Crippen LogP) is 18.9. The normalized spacial score (nSPS) is 11.8. The molecule has 0 aliphatic rings. The Morgan fingerprint density at radius 2 is 0.717 bits per heavy atom. The van der Waals surface area contributed by atoms with Crippen LogP contribution in [0.1, 0.15) is 263 Å². The van der Waals surface area contributed by atoms with Crippen molar-refractivity contribution in [1.29, 1.82) is 0 Å². The molecule has 0 aliphatic carbocycles. The molecule has 0 unspecified atom stereocenters.